The van der Waals surface area contributed by atoms with E-state index in [1.807, 2.05) is 6.92 Å². The van der Waals surface area contributed by atoms with E-state index in [0.717, 1.165) is 11.5 Å². The van der Waals surface area contributed by atoms with E-state index in [1.165, 1.54) is 0 Å². The van der Waals surface area contributed by atoms with Gasteiger partial charge in [-0.05, 0) is 13.0 Å². The maximum Gasteiger partial charge on any atom is 0.116 e. The van der Waals surface area contributed by atoms with Crippen molar-refractivity contribution in [3.05, 3.63) is 23.7 Å². The lowest BCUT2D eigenvalue weighted by molar-refractivity contribution is 0.496. The number of aryl methyl sites for hydroxylation is 1. The third-order valence-corrected chi connectivity index (χ3v) is 0.997. The minimum absolute atomic E-state index is 0.560. The fourth-order valence-corrected chi connectivity index (χ4v) is 0.625. The van der Waals surface area contributed by atoms with Gasteiger partial charge in [-0.15, -0.1) is 6.42 Å². The highest BCUT2D eigenvalue weighted by Crippen LogP contribution is 2.04. The van der Waals surface area contributed by atoms with Gasteiger partial charge in [0.1, 0.15) is 11.5 Å². The van der Waals surface area contributed by atoms with E-state index in [0.29, 0.717) is 6.42 Å². The molecule has 0 fully saturated rings. The van der Waals surface area contributed by atoms with Crippen LogP contribution in [0.5, 0.6) is 0 Å². The second-order valence-electron chi connectivity index (χ2n) is 1.79. The zero-order valence-corrected chi connectivity index (χ0v) is 5.27. The minimum atomic E-state index is 0.560. The fourth-order valence-electron chi connectivity index (χ4n) is 0.625. The lowest BCUT2D eigenvalue weighted by atomic mass is 10.3. The first-order valence-electron chi connectivity index (χ1n) is 2.73. The molecule has 0 atom stereocenters. The van der Waals surface area contributed by atoms with E-state index in [4.69, 9.17) is 10.8 Å². The van der Waals surface area contributed by atoms with Crippen LogP contribution >= 0.6 is 0 Å². The Kier molecular flexibility index (Phi) is 1.60. The normalized spacial score (nSPS) is 8.89. The molecule has 1 nitrogen and oxygen atoms in total. The van der Waals surface area contributed by atoms with Crippen LogP contribution in [-0.2, 0) is 6.42 Å². The number of furan rings is 1. The van der Waals surface area contributed by atoms with Crippen LogP contribution in [0.25, 0.3) is 0 Å². The van der Waals surface area contributed by atoms with Crippen molar-refractivity contribution in [2.75, 3.05) is 0 Å². The summed E-state index contributed by atoms with van der Waals surface area (Å²) in [7, 11) is 0. The third-order valence-electron chi connectivity index (χ3n) is 0.997. The molecule has 0 saturated carbocycles. The first-order valence-corrected chi connectivity index (χ1v) is 2.73. The van der Waals surface area contributed by atoms with Crippen molar-refractivity contribution in [2.45, 2.75) is 13.3 Å². The number of rotatable bonds is 1. The molecule has 0 amide bonds. The molecule has 1 aromatic rings. The van der Waals surface area contributed by atoms with Crippen LogP contribution in [0.2, 0.25) is 0 Å². The molecule has 1 heterocycles. The van der Waals surface area contributed by atoms with Gasteiger partial charge in [0.25, 0.3) is 0 Å². The molecule has 0 spiro atoms. The average molecular weight is 119 g/mol. The summed E-state index contributed by atoms with van der Waals surface area (Å²) in [5.41, 5.74) is 0. The SMILES string of the molecule is C#CCc1c[c]c(C)o1. The molecule has 1 heteroatoms. The standard InChI is InChI=1S/C8H7O/c1-3-4-8-6-5-7(2)9-8/h1,6H,4H2,2H3. The third kappa shape index (κ3) is 1.36. The summed E-state index contributed by atoms with van der Waals surface area (Å²) in [4.78, 5) is 0. The van der Waals surface area contributed by atoms with Gasteiger partial charge < -0.3 is 4.42 Å². The van der Waals surface area contributed by atoms with Crippen LogP contribution < -0.4 is 0 Å². The molecule has 0 N–H and O–H groups in total. The largest absolute Gasteiger partial charge is 0.465 e. The van der Waals surface area contributed by atoms with Gasteiger partial charge in [0, 0.05) is 6.07 Å². The summed E-state index contributed by atoms with van der Waals surface area (Å²) in [6.07, 6.45) is 5.61. The summed E-state index contributed by atoms with van der Waals surface area (Å²) in [5.74, 6) is 4.09. The van der Waals surface area contributed by atoms with Crippen LogP contribution in [0.15, 0.2) is 10.5 Å². The van der Waals surface area contributed by atoms with Gasteiger partial charge >= 0.3 is 0 Å². The molecular formula is C8H7O. The number of hydrogen-bond donors (Lipinski definition) is 0. The molecule has 0 aliphatic heterocycles. The summed E-state index contributed by atoms with van der Waals surface area (Å²) >= 11 is 0. The highest BCUT2D eigenvalue weighted by atomic mass is 16.3. The van der Waals surface area contributed by atoms with Gasteiger partial charge in [-0.1, -0.05) is 5.92 Å². The van der Waals surface area contributed by atoms with Gasteiger partial charge in [-0.3, -0.25) is 0 Å². The van der Waals surface area contributed by atoms with E-state index in [9.17, 15) is 0 Å². The maximum absolute atomic E-state index is 5.13. The lowest BCUT2D eigenvalue weighted by Gasteiger charge is -1.82. The molecule has 0 unspecified atom stereocenters. The summed E-state index contributed by atoms with van der Waals surface area (Å²) in [6, 6.07) is 4.66. The van der Waals surface area contributed by atoms with E-state index in [1.54, 1.807) is 6.07 Å². The number of terminal acetylenes is 1. The molecule has 0 aromatic carbocycles. The Balaban J connectivity index is 2.76. The van der Waals surface area contributed by atoms with E-state index in [-0.39, 0.29) is 0 Å². The van der Waals surface area contributed by atoms with Gasteiger partial charge in [-0.2, -0.15) is 0 Å². The van der Waals surface area contributed by atoms with Crippen LogP contribution in [0.1, 0.15) is 11.5 Å². The topological polar surface area (TPSA) is 13.1 Å². The van der Waals surface area contributed by atoms with Gasteiger partial charge in [0.2, 0.25) is 0 Å². The van der Waals surface area contributed by atoms with Crippen molar-refractivity contribution in [3.63, 3.8) is 0 Å². The first kappa shape index (κ1) is 5.97. The van der Waals surface area contributed by atoms with Crippen LogP contribution in [0.4, 0.5) is 0 Å². The fraction of sp³-hybridized carbons (Fsp3) is 0.250. The van der Waals surface area contributed by atoms with E-state index >= 15 is 0 Å². The Bertz CT molecular complexity index is 227. The zero-order chi connectivity index (χ0) is 6.69. The second kappa shape index (κ2) is 2.41. The maximum atomic E-state index is 5.13. The Morgan fingerprint density at radius 3 is 3.11 bits per heavy atom. The van der Waals surface area contributed by atoms with Crippen LogP contribution in [0.3, 0.4) is 0 Å². The van der Waals surface area contributed by atoms with Crippen molar-refractivity contribution >= 4 is 0 Å². The Morgan fingerprint density at radius 2 is 2.67 bits per heavy atom. The number of hydrogen-bond acceptors (Lipinski definition) is 1. The Morgan fingerprint density at radius 1 is 1.89 bits per heavy atom. The van der Waals surface area contributed by atoms with Gasteiger partial charge in [0.05, 0.1) is 6.42 Å². The highest BCUT2D eigenvalue weighted by molar-refractivity contribution is 5.09. The summed E-state index contributed by atoms with van der Waals surface area (Å²) in [5, 5.41) is 0. The zero-order valence-electron chi connectivity index (χ0n) is 5.27. The first-order chi connectivity index (χ1) is 4.33. The second-order valence-corrected chi connectivity index (χ2v) is 1.79. The van der Waals surface area contributed by atoms with Crippen molar-refractivity contribution < 1.29 is 4.42 Å². The molecule has 1 radical (unpaired) electrons. The van der Waals surface area contributed by atoms with Crippen molar-refractivity contribution in [2.24, 2.45) is 0 Å². The molecular weight excluding hydrogens is 112 g/mol. The predicted octanol–water partition coefficient (Wildman–Crippen LogP) is 1.56. The molecule has 1 rings (SSSR count). The minimum Gasteiger partial charge on any atom is -0.465 e. The molecule has 45 valence electrons. The molecule has 1 aromatic heterocycles. The highest BCUT2D eigenvalue weighted by Gasteiger charge is 1.93. The molecule has 0 bridgehead atoms. The quantitative estimate of drug-likeness (QED) is 0.511. The molecule has 9 heavy (non-hydrogen) atoms. The average Bonchev–Trinajstić information content (AvgIpc) is 2.17. The molecule has 0 saturated heterocycles. The smallest absolute Gasteiger partial charge is 0.116 e. The Hall–Kier alpha value is -1.16. The van der Waals surface area contributed by atoms with Crippen molar-refractivity contribution in [1.82, 2.24) is 0 Å². The van der Waals surface area contributed by atoms with Crippen LogP contribution in [0, 0.1) is 25.3 Å². The Labute approximate surface area is 54.7 Å². The van der Waals surface area contributed by atoms with Crippen molar-refractivity contribution in [3.8, 4) is 12.3 Å². The molecule has 0 aliphatic rings. The predicted molar refractivity (Wildman–Crippen MR) is 34.8 cm³/mol. The van der Waals surface area contributed by atoms with E-state index < -0.39 is 0 Å². The van der Waals surface area contributed by atoms with Gasteiger partial charge in [0.15, 0.2) is 0 Å². The van der Waals surface area contributed by atoms with E-state index in [2.05, 4.69) is 12.0 Å². The van der Waals surface area contributed by atoms with Crippen LogP contribution in [-0.4, -0.2) is 0 Å². The summed E-state index contributed by atoms with van der Waals surface area (Å²) < 4.78 is 5.13. The van der Waals surface area contributed by atoms with Crippen molar-refractivity contribution in [1.29, 1.82) is 0 Å². The lowest BCUT2D eigenvalue weighted by Crippen LogP contribution is -1.71. The summed E-state index contributed by atoms with van der Waals surface area (Å²) in [6.45, 7) is 1.85. The molecule has 0 aliphatic carbocycles. The van der Waals surface area contributed by atoms with Gasteiger partial charge in [-0.25, -0.2) is 0 Å². The monoisotopic (exact) mass is 119 g/mol.